The van der Waals surface area contributed by atoms with E-state index in [1.54, 1.807) is 18.3 Å². The lowest BCUT2D eigenvalue weighted by Gasteiger charge is -2.37. The molecule has 140 valence electrons. The Morgan fingerprint density at radius 3 is 2.85 bits per heavy atom. The second kappa shape index (κ2) is 7.54. The molecule has 7 nitrogen and oxygen atoms in total. The first-order chi connectivity index (χ1) is 13.1. The number of halogens is 1. The number of hydrogen-bond donors (Lipinski definition) is 1. The van der Waals surface area contributed by atoms with Crippen molar-refractivity contribution in [1.82, 2.24) is 24.4 Å². The van der Waals surface area contributed by atoms with Crippen molar-refractivity contribution in [2.75, 3.05) is 19.6 Å². The number of rotatable bonds is 4. The minimum absolute atomic E-state index is 0.00891. The third-order valence-electron chi connectivity index (χ3n) is 4.85. The molecule has 1 saturated heterocycles. The highest BCUT2D eigenvalue weighted by atomic mass is 35.5. The van der Waals surface area contributed by atoms with Crippen LogP contribution < -0.4 is 11.0 Å². The summed E-state index contributed by atoms with van der Waals surface area (Å²) in [6.45, 7) is 2.25. The molecule has 1 atom stereocenters. The molecule has 1 N–H and O–H groups in total. The SMILES string of the molecule is O=C(CCn1nc2ccccn2c1=O)N1CCNCC1c1ccccc1Cl. The van der Waals surface area contributed by atoms with Gasteiger partial charge in [0.2, 0.25) is 5.91 Å². The van der Waals surface area contributed by atoms with Crippen LogP contribution in [0.15, 0.2) is 53.5 Å². The van der Waals surface area contributed by atoms with Gasteiger partial charge in [0, 0.05) is 37.3 Å². The number of carbonyl (C=O) groups excluding carboxylic acids is 1. The van der Waals surface area contributed by atoms with Crippen LogP contribution in [0, 0.1) is 0 Å². The molecule has 0 saturated carbocycles. The van der Waals surface area contributed by atoms with Crippen molar-refractivity contribution in [3.05, 3.63) is 69.7 Å². The highest BCUT2D eigenvalue weighted by Gasteiger charge is 2.29. The summed E-state index contributed by atoms with van der Waals surface area (Å²) in [4.78, 5) is 27.1. The molecule has 1 aliphatic rings. The molecule has 0 aliphatic carbocycles. The maximum absolute atomic E-state index is 12.9. The van der Waals surface area contributed by atoms with E-state index in [-0.39, 0.29) is 30.6 Å². The quantitative estimate of drug-likeness (QED) is 0.742. The number of piperazine rings is 1. The van der Waals surface area contributed by atoms with Crippen molar-refractivity contribution in [3.63, 3.8) is 0 Å². The van der Waals surface area contributed by atoms with Crippen LogP contribution in [0.5, 0.6) is 0 Å². The average molecular weight is 386 g/mol. The number of nitrogens with zero attached hydrogens (tertiary/aromatic N) is 4. The monoisotopic (exact) mass is 385 g/mol. The largest absolute Gasteiger partial charge is 0.350 e. The molecule has 1 amide bonds. The first-order valence-electron chi connectivity index (χ1n) is 8.94. The van der Waals surface area contributed by atoms with E-state index < -0.39 is 0 Å². The Morgan fingerprint density at radius 1 is 1.22 bits per heavy atom. The molecule has 0 radical (unpaired) electrons. The number of hydrogen-bond acceptors (Lipinski definition) is 4. The number of aromatic nitrogens is 3. The number of pyridine rings is 1. The summed E-state index contributed by atoms with van der Waals surface area (Å²) in [7, 11) is 0. The van der Waals surface area contributed by atoms with Crippen molar-refractivity contribution < 1.29 is 4.79 Å². The second-order valence-electron chi connectivity index (χ2n) is 6.51. The first-order valence-corrected chi connectivity index (χ1v) is 9.32. The summed E-state index contributed by atoms with van der Waals surface area (Å²) in [5.41, 5.74) is 1.28. The fraction of sp³-hybridized carbons (Fsp3) is 0.316. The van der Waals surface area contributed by atoms with Gasteiger partial charge in [-0.3, -0.25) is 9.20 Å². The van der Waals surface area contributed by atoms with E-state index in [1.165, 1.54) is 9.08 Å². The number of carbonyl (C=O) groups is 1. The molecular formula is C19H20ClN5O2. The molecule has 1 fully saturated rings. The van der Waals surface area contributed by atoms with Gasteiger partial charge in [0.05, 0.1) is 12.6 Å². The zero-order valence-electron chi connectivity index (χ0n) is 14.7. The molecule has 1 aliphatic heterocycles. The van der Waals surface area contributed by atoms with Gasteiger partial charge in [-0.15, -0.1) is 5.10 Å². The van der Waals surface area contributed by atoms with Gasteiger partial charge >= 0.3 is 5.69 Å². The number of amides is 1. The lowest BCUT2D eigenvalue weighted by atomic mass is 10.0. The Morgan fingerprint density at radius 2 is 2.04 bits per heavy atom. The Balaban J connectivity index is 1.51. The Labute approximate surface area is 161 Å². The summed E-state index contributed by atoms with van der Waals surface area (Å²) in [6.07, 6.45) is 1.89. The van der Waals surface area contributed by atoms with Gasteiger partial charge in [-0.05, 0) is 23.8 Å². The van der Waals surface area contributed by atoms with Crippen LogP contribution in [0.4, 0.5) is 0 Å². The zero-order valence-corrected chi connectivity index (χ0v) is 15.5. The summed E-state index contributed by atoms with van der Waals surface area (Å²) < 4.78 is 2.82. The van der Waals surface area contributed by atoms with E-state index in [4.69, 9.17) is 11.6 Å². The Hall–Kier alpha value is -2.64. The van der Waals surface area contributed by atoms with Gasteiger partial charge in [0.25, 0.3) is 0 Å². The van der Waals surface area contributed by atoms with Gasteiger partial charge in [0.15, 0.2) is 5.65 Å². The molecule has 0 bridgehead atoms. The number of benzene rings is 1. The lowest BCUT2D eigenvalue weighted by Crippen LogP contribution is -2.49. The van der Waals surface area contributed by atoms with Crippen molar-refractivity contribution >= 4 is 23.2 Å². The second-order valence-corrected chi connectivity index (χ2v) is 6.92. The summed E-state index contributed by atoms with van der Waals surface area (Å²) in [5.74, 6) is -0.00891. The Kier molecular flexibility index (Phi) is 4.96. The van der Waals surface area contributed by atoms with Crippen LogP contribution in [0.25, 0.3) is 5.65 Å². The van der Waals surface area contributed by atoms with E-state index in [9.17, 15) is 9.59 Å². The minimum Gasteiger partial charge on any atom is -0.333 e. The maximum atomic E-state index is 12.9. The molecule has 27 heavy (non-hydrogen) atoms. The number of fused-ring (bicyclic) bond motifs is 1. The van der Waals surface area contributed by atoms with E-state index in [2.05, 4.69) is 10.4 Å². The van der Waals surface area contributed by atoms with Gasteiger partial charge < -0.3 is 10.2 Å². The number of nitrogens with one attached hydrogen (secondary N) is 1. The van der Waals surface area contributed by atoms with Crippen molar-refractivity contribution in [1.29, 1.82) is 0 Å². The van der Waals surface area contributed by atoms with Gasteiger partial charge in [-0.1, -0.05) is 35.9 Å². The molecule has 3 aromatic rings. The molecular weight excluding hydrogens is 366 g/mol. The van der Waals surface area contributed by atoms with E-state index in [0.29, 0.717) is 23.8 Å². The fourth-order valence-corrected chi connectivity index (χ4v) is 3.75. The molecule has 1 aromatic carbocycles. The predicted octanol–water partition coefficient (Wildman–Crippen LogP) is 1.71. The van der Waals surface area contributed by atoms with Gasteiger partial charge in [0.1, 0.15) is 0 Å². The smallest absolute Gasteiger partial charge is 0.333 e. The molecule has 3 heterocycles. The van der Waals surface area contributed by atoms with Crippen molar-refractivity contribution in [3.8, 4) is 0 Å². The lowest BCUT2D eigenvalue weighted by molar-refractivity contribution is -0.134. The van der Waals surface area contributed by atoms with Crippen LogP contribution in [0.3, 0.4) is 0 Å². The standard InChI is InChI=1S/C19H20ClN5O2/c20-15-6-2-1-5-14(15)16-13-21-9-12-23(16)18(26)8-11-25-19(27)24-10-4-3-7-17(24)22-25/h1-7,10,16,21H,8-9,11-13H2. The van der Waals surface area contributed by atoms with Crippen LogP contribution in [0.1, 0.15) is 18.0 Å². The van der Waals surface area contributed by atoms with E-state index in [0.717, 1.165) is 12.1 Å². The number of aryl methyl sites for hydroxylation is 1. The van der Waals surface area contributed by atoms with Gasteiger partial charge in [-0.25, -0.2) is 9.48 Å². The maximum Gasteiger partial charge on any atom is 0.350 e. The predicted molar refractivity (Wildman–Crippen MR) is 103 cm³/mol. The van der Waals surface area contributed by atoms with Crippen molar-refractivity contribution in [2.45, 2.75) is 19.0 Å². The topological polar surface area (TPSA) is 71.6 Å². The van der Waals surface area contributed by atoms with Crippen LogP contribution in [-0.2, 0) is 11.3 Å². The summed E-state index contributed by atoms with van der Waals surface area (Å²) in [5, 5.41) is 8.26. The first kappa shape index (κ1) is 17.8. The third kappa shape index (κ3) is 3.48. The van der Waals surface area contributed by atoms with E-state index >= 15 is 0 Å². The molecule has 8 heteroatoms. The normalized spacial score (nSPS) is 17.4. The highest BCUT2D eigenvalue weighted by molar-refractivity contribution is 6.31. The summed E-state index contributed by atoms with van der Waals surface area (Å²) in [6, 6.07) is 12.9. The van der Waals surface area contributed by atoms with Crippen LogP contribution >= 0.6 is 11.6 Å². The molecule has 0 spiro atoms. The highest BCUT2D eigenvalue weighted by Crippen LogP contribution is 2.28. The molecule has 2 aromatic heterocycles. The van der Waals surface area contributed by atoms with Gasteiger partial charge in [-0.2, -0.15) is 0 Å². The zero-order chi connectivity index (χ0) is 18.8. The van der Waals surface area contributed by atoms with E-state index in [1.807, 2.05) is 35.2 Å². The molecule has 1 unspecified atom stereocenters. The minimum atomic E-state index is -0.235. The Bertz CT molecular complexity index is 1030. The average Bonchev–Trinajstić information content (AvgIpc) is 3.02. The molecule has 4 rings (SSSR count). The van der Waals surface area contributed by atoms with Crippen LogP contribution in [-0.4, -0.2) is 44.6 Å². The van der Waals surface area contributed by atoms with Crippen molar-refractivity contribution in [2.24, 2.45) is 0 Å². The fourth-order valence-electron chi connectivity index (χ4n) is 3.48. The van der Waals surface area contributed by atoms with Crippen LogP contribution in [0.2, 0.25) is 5.02 Å². The third-order valence-corrected chi connectivity index (χ3v) is 5.20. The summed E-state index contributed by atoms with van der Waals surface area (Å²) >= 11 is 6.34.